The molecule has 5 N–H and O–H groups in total. The number of nitrogen functional groups attached to an aromatic ring is 1. The SMILES string of the molecule is CNC(=O)CCNC(=O)c1cc(NN)nc2ccccc12. The number of hydrogen-bond acceptors (Lipinski definition) is 5. The van der Waals surface area contributed by atoms with Crippen LogP contribution in [0.4, 0.5) is 5.82 Å². The van der Waals surface area contributed by atoms with Crippen LogP contribution in [0.3, 0.4) is 0 Å². The molecule has 0 spiro atoms. The lowest BCUT2D eigenvalue weighted by atomic mass is 10.1. The van der Waals surface area contributed by atoms with Crippen LogP contribution < -0.4 is 21.9 Å². The first-order valence-corrected chi connectivity index (χ1v) is 6.51. The van der Waals surface area contributed by atoms with Gasteiger partial charge in [-0.15, -0.1) is 0 Å². The Labute approximate surface area is 121 Å². The minimum Gasteiger partial charge on any atom is -0.359 e. The number of carbonyl (C=O) groups excluding carboxylic acids is 2. The molecule has 0 fully saturated rings. The number of aromatic nitrogens is 1. The molecular formula is C14H17N5O2. The highest BCUT2D eigenvalue weighted by molar-refractivity contribution is 6.07. The standard InChI is InChI=1S/C14H17N5O2/c1-16-13(20)6-7-17-14(21)10-8-12(19-15)18-11-5-3-2-4-9(10)11/h2-5,8H,6-7,15H2,1H3,(H,16,20)(H,17,21)(H,18,19). The molecule has 2 amide bonds. The number of hydrazine groups is 1. The van der Waals surface area contributed by atoms with E-state index in [4.69, 9.17) is 5.84 Å². The molecule has 0 aliphatic carbocycles. The molecule has 0 unspecified atom stereocenters. The molecular weight excluding hydrogens is 270 g/mol. The van der Waals surface area contributed by atoms with Crippen LogP contribution in [0.25, 0.3) is 10.9 Å². The van der Waals surface area contributed by atoms with Crippen LogP contribution in [0, 0.1) is 0 Å². The van der Waals surface area contributed by atoms with Gasteiger partial charge in [-0.2, -0.15) is 0 Å². The van der Waals surface area contributed by atoms with Crippen molar-refractivity contribution in [2.75, 3.05) is 19.0 Å². The number of rotatable bonds is 5. The number of carbonyl (C=O) groups is 2. The minimum absolute atomic E-state index is 0.126. The molecule has 2 rings (SSSR count). The Kier molecular flexibility index (Phi) is 4.68. The van der Waals surface area contributed by atoms with Gasteiger partial charge in [0.25, 0.3) is 5.91 Å². The fourth-order valence-electron chi connectivity index (χ4n) is 1.95. The van der Waals surface area contributed by atoms with Crippen molar-refractivity contribution in [3.05, 3.63) is 35.9 Å². The van der Waals surface area contributed by atoms with Crippen molar-refractivity contribution in [3.63, 3.8) is 0 Å². The van der Waals surface area contributed by atoms with Crippen molar-refractivity contribution in [1.82, 2.24) is 15.6 Å². The van der Waals surface area contributed by atoms with E-state index in [1.807, 2.05) is 18.2 Å². The van der Waals surface area contributed by atoms with Gasteiger partial charge in [0.1, 0.15) is 5.82 Å². The summed E-state index contributed by atoms with van der Waals surface area (Å²) in [5.74, 6) is 5.38. The third-order valence-corrected chi connectivity index (χ3v) is 3.03. The van der Waals surface area contributed by atoms with Gasteiger partial charge in [0.15, 0.2) is 0 Å². The fourth-order valence-corrected chi connectivity index (χ4v) is 1.95. The quantitative estimate of drug-likeness (QED) is 0.470. The molecule has 1 heterocycles. The van der Waals surface area contributed by atoms with Crippen LogP contribution in [0.2, 0.25) is 0 Å². The van der Waals surface area contributed by atoms with Crippen LogP contribution in [0.1, 0.15) is 16.8 Å². The van der Waals surface area contributed by atoms with Gasteiger partial charge in [0.2, 0.25) is 5.91 Å². The maximum Gasteiger partial charge on any atom is 0.252 e. The number of para-hydroxylation sites is 1. The van der Waals surface area contributed by atoms with Crippen molar-refractivity contribution in [2.45, 2.75) is 6.42 Å². The maximum atomic E-state index is 12.3. The summed E-state index contributed by atoms with van der Waals surface area (Å²) < 4.78 is 0. The van der Waals surface area contributed by atoms with E-state index in [1.165, 1.54) is 0 Å². The molecule has 0 atom stereocenters. The lowest BCUT2D eigenvalue weighted by Gasteiger charge is -2.09. The molecule has 1 aromatic carbocycles. The number of nitrogens with zero attached hydrogens (tertiary/aromatic N) is 1. The first kappa shape index (κ1) is 14.7. The Bertz CT molecular complexity index is 671. The Morgan fingerprint density at radius 3 is 2.76 bits per heavy atom. The normalized spacial score (nSPS) is 10.2. The number of hydrogen-bond donors (Lipinski definition) is 4. The van der Waals surface area contributed by atoms with Crippen molar-refractivity contribution in [3.8, 4) is 0 Å². The van der Waals surface area contributed by atoms with Crippen molar-refractivity contribution >= 4 is 28.5 Å². The first-order valence-electron chi connectivity index (χ1n) is 6.51. The molecule has 7 nitrogen and oxygen atoms in total. The lowest BCUT2D eigenvalue weighted by Crippen LogP contribution is -2.29. The number of pyridine rings is 1. The molecule has 0 aliphatic heterocycles. The molecule has 1 aromatic heterocycles. The van der Waals surface area contributed by atoms with Crippen LogP contribution >= 0.6 is 0 Å². The largest absolute Gasteiger partial charge is 0.359 e. The summed E-state index contributed by atoms with van der Waals surface area (Å²) in [6, 6.07) is 8.87. The van der Waals surface area contributed by atoms with E-state index in [2.05, 4.69) is 21.0 Å². The van der Waals surface area contributed by atoms with Gasteiger partial charge >= 0.3 is 0 Å². The summed E-state index contributed by atoms with van der Waals surface area (Å²) in [6.45, 7) is 0.264. The summed E-state index contributed by atoms with van der Waals surface area (Å²) in [5.41, 5.74) is 3.58. The van der Waals surface area contributed by atoms with E-state index >= 15 is 0 Å². The highest BCUT2D eigenvalue weighted by Crippen LogP contribution is 2.20. The summed E-state index contributed by atoms with van der Waals surface area (Å²) in [7, 11) is 1.56. The van der Waals surface area contributed by atoms with Crippen molar-refractivity contribution < 1.29 is 9.59 Å². The molecule has 0 aliphatic rings. The van der Waals surface area contributed by atoms with Gasteiger partial charge in [-0.05, 0) is 12.1 Å². The Morgan fingerprint density at radius 2 is 2.05 bits per heavy atom. The monoisotopic (exact) mass is 287 g/mol. The summed E-state index contributed by atoms with van der Waals surface area (Å²) in [4.78, 5) is 27.7. The highest BCUT2D eigenvalue weighted by atomic mass is 16.2. The number of fused-ring (bicyclic) bond motifs is 1. The van der Waals surface area contributed by atoms with Gasteiger partial charge in [-0.25, -0.2) is 10.8 Å². The average molecular weight is 287 g/mol. The van der Waals surface area contributed by atoms with Crippen molar-refractivity contribution in [2.24, 2.45) is 5.84 Å². The number of benzene rings is 1. The van der Waals surface area contributed by atoms with E-state index in [9.17, 15) is 9.59 Å². The average Bonchev–Trinajstić information content (AvgIpc) is 2.53. The van der Waals surface area contributed by atoms with Gasteiger partial charge < -0.3 is 16.1 Å². The van der Waals surface area contributed by atoms with E-state index in [0.29, 0.717) is 16.9 Å². The number of amides is 2. The smallest absolute Gasteiger partial charge is 0.252 e. The molecule has 7 heteroatoms. The van der Waals surface area contributed by atoms with Gasteiger partial charge in [-0.3, -0.25) is 9.59 Å². The summed E-state index contributed by atoms with van der Waals surface area (Å²) in [5, 5.41) is 5.94. The van der Waals surface area contributed by atoms with E-state index in [0.717, 1.165) is 5.39 Å². The zero-order valence-electron chi connectivity index (χ0n) is 11.6. The first-order chi connectivity index (χ1) is 10.2. The second-order valence-electron chi connectivity index (χ2n) is 4.40. The molecule has 0 bridgehead atoms. The van der Waals surface area contributed by atoms with Crippen LogP contribution in [-0.2, 0) is 4.79 Å². The Hall–Kier alpha value is -2.67. The molecule has 110 valence electrons. The second kappa shape index (κ2) is 6.67. The number of nitrogens with two attached hydrogens (primary N) is 1. The topological polar surface area (TPSA) is 109 Å². The zero-order chi connectivity index (χ0) is 15.2. The number of anilines is 1. The predicted octanol–water partition coefficient (Wildman–Crippen LogP) is 0.386. The van der Waals surface area contributed by atoms with Crippen LogP contribution in [0.15, 0.2) is 30.3 Å². The van der Waals surface area contributed by atoms with Gasteiger partial charge in [0.05, 0.1) is 11.1 Å². The Balaban J connectivity index is 2.23. The maximum absolute atomic E-state index is 12.3. The van der Waals surface area contributed by atoms with Crippen LogP contribution in [-0.4, -0.2) is 30.4 Å². The van der Waals surface area contributed by atoms with Crippen LogP contribution in [0.5, 0.6) is 0 Å². The summed E-state index contributed by atoms with van der Waals surface area (Å²) in [6.07, 6.45) is 0.229. The third-order valence-electron chi connectivity index (χ3n) is 3.03. The van der Waals surface area contributed by atoms with E-state index in [-0.39, 0.29) is 24.8 Å². The predicted molar refractivity (Wildman–Crippen MR) is 80.6 cm³/mol. The van der Waals surface area contributed by atoms with E-state index < -0.39 is 0 Å². The molecule has 2 aromatic rings. The molecule has 21 heavy (non-hydrogen) atoms. The van der Waals surface area contributed by atoms with E-state index in [1.54, 1.807) is 19.2 Å². The van der Waals surface area contributed by atoms with Gasteiger partial charge in [0, 0.05) is 25.4 Å². The number of nitrogens with one attached hydrogen (secondary N) is 3. The Morgan fingerprint density at radius 1 is 1.29 bits per heavy atom. The van der Waals surface area contributed by atoms with Crippen molar-refractivity contribution in [1.29, 1.82) is 0 Å². The lowest BCUT2D eigenvalue weighted by molar-refractivity contribution is -0.120. The summed E-state index contributed by atoms with van der Waals surface area (Å²) >= 11 is 0. The molecule has 0 saturated heterocycles. The van der Waals surface area contributed by atoms with Gasteiger partial charge in [-0.1, -0.05) is 18.2 Å². The second-order valence-corrected chi connectivity index (χ2v) is 4.40. The fraction of sp³-hybridized carbons (Fsp3) is 0.214. The molecule has 0 saturated carbocycles. The third kappa shape index (κ3) is 3.46. The molecule has 0 radical (unpaired) electrons. The minimum atomic E-state index is -0.269. The highest BCUT2D eigenvalue weighted by Gasteiger charge is 2.12. The zero-order valence-corrected chi connectivity index (χ0v) is 11.6.